The average Bonchev–Trinajstić information content (AvgIpc) is 3.49. The molecule has 1 aliphatic carbocycles. The molecule has 1 atom stereocenters. The molecule has 0 bridgehead atoms. The summed E-state index contributed by atoms with van der Waals surface area (Å²) >= 11 is 1.38. The molecule has 8 heteroatoms. The van der Waals surface area contributed by atoms with Crippen LogP contribution in [0.5, 0.6) is 0 Å². The molecule has 1 aromatic carbocycles. The molecule has 0 radical (unpaired) electrons. The van der Waals surface area contributed by atoms with Gasteiger partial charge in [-0.05, 0) is 54.8 Å². The van der Waals surface area contributed by atoms with Crippen molar-refractivity contribution < 1.29 is 9.18 Å². The average molecular weight is 455 g/mol. The standard InChI is InChI=1S/C24H27FN4O2S/c25-18-9-7-16(8-10-18)14-29-23(31)21-20(11-13-32-21)27-24(29)28-12-3-4-17(15-28)22(30)26-19-5-1-2-6-19/h7-11,13,17,19H,1-6,12,14-15H2,(H,26,30)/t17-/m1/s1. The van der Waals surface area contributed by atoms with Crippen LogP contribution in [0.25, 0.3) is 10.2 Å². The van der Waals surface area contributed by atoms with Crippen LogP contribution in [0.2, 0.25) is 0 Å². The minimum absolute atomic E-state index is 0.0955. The second-order valence-electron chi connectivity index (χ2n) is 8.84. The molecule has 3 heterocycles. The first kappa shape index (κ1) is 21.1. The number of fused-ring (bicyclic) bond motifs is 1. The zero-order valence-electron chi connectivity index (χ0n) is 17.9. The summed E-state index contributed by atoms with van der Waals surface area (Å²) in [7, 11) is 0. The molecule has 3 aromatic rings. The summed E-state index contributed by atoms with van der Waals surface area (Å²) in [5.74, 6) is 0.285. The summed E-state index contributed by atoms with van der Waals surface area (Å²) in [4.78, 5) is 33.1. The Kier molecular flexibility index (Phi) is 5.95. The van der Waals surface area contributed by atoms with E-state index in [1.165, 1.54) is 36.3 Å². The third-order valence-electron chi connectivity index (χ3n) is 6.58. The molecule has 1 saturated carbocycles. The summed E-state index contributed by atoms with van der Waals surface area (Å²) in [6.07, 6.45) is 6.21. The van der Waals surface area contributed by atoms with Crippen molar-refractivity contribution >= 4 is 33.4 Å². The van der Waals surface area contributed by atoms with Crippen molar-refractivity contribution in [1.82, 2.24) is 14.9 Å². The lowest BCUT2D eigenvalue weighted by Crippen LogP contribution is -2.47. The molecule has 2 aromatic heterocycles. The number of amides is 1. The maximum absolute atomic E-state index is 13.4. The summed E-state index contributed by atoms with van der Waals surface area (Å²) in [6, 6.07) is 8.36. The van der Waals surface area contributed by atoms with Crippen LogP contribution in [0.15, 0.2) is 40.5 Å². The fraction of sp³-hybridized carbons (Fsp3) is 0.458. The van der Waals surface area contributed by atoms with Crippen molar-refractivity contribution in [3.8, 4) is 0 Å². The van der Waals surface area contributed by atoms with E-state index in [1.54, 1.807) is 16.7 Å². The van der Waals surface area contributed by atoms with E-state index in [1.807, 2.05) is 11.4 Å². The number of anilines is 1. The Balaban J connectivity index is 1.44. The second-order valence-corrected chi connectivity index (χ2v) is 9.76. The highest BCUT2D eigenvalue weighted by molar-refractivity contribution is 7.17. The molecule has 0 unspecified atom stereocenters. The van der Waals surface area contributed by atoms with E-state index in [4.69, 9.17) is 4.98 Å². The van der Waals surface area contributed by atoms with Crippen molar-refractivity contribution in [2.24, 2.45) is 5.92 Å². The molecule has 0 spiro atoms. The van der Waals surface area contributed by atoms with E-state index in [-0.39, 0.29) is 23.2 Å². The van der Waals surface area contributed by atoms with Gasteiger partial charge < -0.3 is 10.2 Å². The van der Waals surface area contributed by atoms with E-state index in [9.17, 15) is 14.0 Å². The van der Waals surface area contributed by atoms with Crippen LogP contribution in [-0.2, 0) is 11.3 Å². The fourth-order valence-electron chi connectivity index (χ4n) is 4.85. The first-order chi connectivity index (χ1) is 15.6. The third-order valence-corrected chi connectivity index (χ3v) is 7.47. The van der Waals surface area contributed by atoms with Gasteiger partial charge in [0, 0.05) is 19.1 Å². The number of rotatable bonds is 5. The topological polar surface area (TPSA) is 67.2 Å². The molecule has 32 heavy (non-hydrogen) atoms. The van der Waals surface area contributed by atoms with Gasteiger partial charge in [-0.2, -0.15) is 0 Å². The molecule has 168 valence electrons. The van der Waals surface area contributed by atoms with Crippen LogP contribution in [0, 0.1) is 11.7 Å². The Hall–Kier alpha value is -2.74. The number of piperidine rings is 1. The number of hydrogen-bond acceptors (Lipinski definition) is 5. The lowest BCUT2D eigenvalue weighted by atomic mass is 9.97. The second kappa shape index (κ2) is 9.02. The van der Waals surface area contributed by atoms with Gasteiger partial charge in [0.1, 0.15) is 10.5 Å². The Morgan fingerprint density at radius 1 is 1.12 bits per heavy atom. The Labute approximate surface area is 190 Å². The molecule has 5 rings (SSSR count). The highest BCUT2D eigenvalue weighted by Gasteiger charge is 2.30. The predicted octanol–water partition coefficient (Wildman–Crippen LogP) is 3.92. The highest BCUT2D eigenvalue weighted by Crippen LogP contribution is 2.26. The van der Waals surface area contributed by atoms with E-state index in [0.29, 0.717) is 35.3 Å². The van der Waals surface area contributed by atoms with Gasteiger partial charge in [-0.15, -0.1) is 11.3 Å². The zero-order chi connectivity index (χ0) is 22.1. The van der Waals surface area contributed by atoms with Crippen LogP contribution in [0.1, 0.15) is 44.1 Å². The number of carbonyl (C=O) groups excluding carboxylic acids is 1. The van der Waals surface area contributed by atoms with Crippen molar-refractivity contribution in [2.75, 3.05) is 18.0 Å². The van der Waals surface area contributed by atoms with Crippen LogP contribution in [-0.4, -0.2) is 34.6 Å². The van der Waals surface area contributed by atoms with Crippen LogP contribution in [0.3, 0.4) is 0 Å². The number of nitrogens with zero attached hydrogens (tertiary/aromatic N) is 3. The zero-order valence-corrected chi connectivity index (χ0v) is 18.7. The maximum Gasteiger partial charge on any atom is 0.273 e. The van der Waals surface area contributed by atoms with Crippen molar-refractivity contribution in [1.29, 1.82) is 0 Å². The van der Waals surface area contributed by atoms with Gasteiger partial charge in [0.05, 0.1) is 18.0 Å². The number of thiophene rings is 1. The Morgan fingerprint density at radius 2 is 1.91 bits per heavy atom. The minimum atomic E-state index is -0.305. The molecular formula is C24H27FN4O2S. The van der Waals surface area contributed by atoms with E-state index in [0.717, 1.165) is 37.8 Å². The molecule has 2 fully saturated rings. The third kappa shape index (κ3) is 4.28. The quantitative estimate of drug-likeness (QED) is 0.635. The van der Waals surface area contributed by atoms with Gasteiger partial charge in [-0.3, -0.25) is 14.2 Å². The first-order valence-electron chi connectivity index (χ1n) is 11.4. The number of carbonyl (C=O) groups is 1. The summed E-state index contributed by atoms with van der Waals surface area (Å²) in [5.41, 5.74) is 1.42. The molecule has 1 aliphatic heterocycles. The Morgan fingerprint density at radius 3 is 2.69 bits per heavy atom. The lowest BCUT2D eigenvalue weighted by molar-refractivity contribution is -0.125. The van der Waals surface area contributed by atoms with Gasteiger partial charge in [-0.1, -0.05) is 25.0 Å². The first-order valence-corrected chi connectivity index (χ1v) is 12.2. The number of aromatic nitrogens is 2. The minimum Gasteiger partial charge on any atom is -0.353 e. The number of hydrogen-bond donors (Lipinski definition) is 1. The number of halogens is 1. The SMILES string of the molecule is O=C(NC1CCCC1)[C@@H]1CCCN(c2nc3ccsc3c(=O)n2Cc2ccc(F)cc2)C1. The molecule has 1 saturated heterocycles. The summed E-state index contributed by atoms with van der Waals surface area (Å²) in [5, 5.41) is 5.10. The Bertz CT molecular complexity index is 1170. The fourth-order valence-corrected chi connectivity index (χ4v) is 5.63. The van der Waals surface area contributed by atoms with Crippen molar-refractivity contribution in [3.05, 3.63) is 57.4 Å². The van der Waals surface area contributed by atoms with Crippen LogP contribution >= 0.6 is 11.3 Å². The molecule has 2 aliphatic rings. The van der Waals surface area contributed by atoms with Gasteiger partial charge in [0.2, 0.25) is 11.9 Å². The monoisotopic (exact) mass is 454 g/mol. The highest BCUT2D eigenvalue weighted by atomic mass is 32.1. The number of benzene rings is 1. The molecule has 1 amide bonds. The van der Waals surface area contributed by atoms with Gasteiger partial charge >= 0.3 is 0 Å². The van der Waals surface area contributed by atoms with Gasteiger partial charge in [-0.25, -0.2) is 9.37 Å². The molecular weight excluding hydrogens is 427 g/mol. The van der Waals surface area contributed by atoms with E-state index in [2.05, 4.69) is 10.2 Å². The largest absolute Gasteiger partial charge is 0.353 e. The van der Waals surface area contributed by atoms with Crippen molar-refractivity contribution in [3.63, 3.8) is 0 Å². The molecule has 6 nitrogen and oxygen atoms in total. The summed E-state index contributed by atoms with van der Waals surface area (Å²) in [6.45, 7) is 1.60. The smallest absolute Gasteiger partial charge is 0.273 e. The summed E-state index contributed by atoms with van der Waals surface area (Å²) < 4.78 is 15.7. The lowest BCUT2D eigenvalue weighted by Gasteiger charge is -2.34. The molecule has 1 N–H and O–H groups in total. The van der Waals surface area contributed by atoms with Gasteiger partial charge in [0.25, 0.3) is 5.56 Å². The van der Waals surface area contributed by atoms with E-state index < -0.39 is 0 Å². The van der Waals surface area contributed by atoms with Crippen LogP contribution < -0.4 is 15.8 Å². The van der Waals surface area contributed by atoms with Gasteiger partial charge in [0.15, 0.2) is 0 Å². The van der Waals surface area contributed by atoms with E-state index >= 15 is 0 Å². The van der Waals surface area contributed by atoms with Crippen molar-refractivity contribution in [2.45, 2.75) is 51.1 Å². The normalized spacial score (nSPS) is 19.5. The predicted molar refractivity (Wildman–Crippen MR) is 125 cm³/mol. The maximum atomic E-state index is 13.4. The number of nitrogens with one attached hydrogen (secondary N) is 1. The van der Waals surface area contributed by atoms with Crippen LogP contribution in [0.4, 0.5) is 10.3 Å².